The van der Waals surface area contributed by atoms with E-state index in [2.05, 4.69) is 10.6 Å². The van der Waals surface area contributed by atoms with Crippen LogP contribution in [0.4, 0.5) is 0 Å². The van der Waals surface area contributed by atoms with E-state index in [0.29, 0.717) is 6.42 Å². The minimum absolute atomic E-state index is 0.162. The topological polar surface area (TPSA) is 231 Å². The van der Waals surface area contributed by atoms with Gasteiger partial charge in [-0.2, -0.15) is 0 Å². The number of carbonyl (C=O) groups is 6. The molecule has 170 valence electrons. The number of hydrogen-bond acceptors (Lipinski definition) is 7. The molecule has 3 unspecified atom stereocenters. The smallest absolute Gasteiger partial charge is 0.326 e. The molecule has 13 nitrogen and oxygen atoms in total. The van der Waals surface area contributed by atoms with Gasteiger partial charge >= 0.3 is 11.9 Å². The summed E-state index contributed by atoms with van der Waals surface area (Å²) in [5.41, 5.74) is 10.7. The van der Waals surface area contributed by atoms with E-state index >= 15 is 0 Å². The first-order chi connectivity index (χ1) is 13.8. The van der Waals surface area contributed by atoms with Crippen molar-refractivity contribution in [2.24, 2.45) is 17.4 Å². The molecule has 4 amide bonds. The molecule has 0 aromatic rings. The molecule has 0 rings (SSSR count). The van der Waals surface area contributed by atoms with Crippen molar-refractivity contribution in [1.82, 2.24) is 16.0 Å². The fourth-order valence-electron chi connectivity index (χ4n) is 2.36. The van der Waals surface area contributed by atoms with Crippen molar-refractivity contribution < 1.29 is 39.0 Å². The Balaban J connectivity index is 4.98. The van der Waals surface area contributed by atoms with Crippen LogP contribution in [-0.4, -0.2) is 70.5 Å². The van der Waals surface area contributed by atoms with Crippen LogP contribution in [0.25, 0.3) is 0 Å². The highest BCUT2D eigenvalue weighted by atomic mass is 16.4. The minimum Gasteiger partial charge on any atom is -0.481 e. The summed E-state index contributed by atoms with van der Waals surface area (Å²) in [6.45, 7) is 3.23. The van der Waals surface area contributed by atoms with Crippen LogP contribution >= 0.6 is 0 Å². The van der Waals surface area contributed by atoms with E-state index in [1.165, 1.54) is 0 Å². The molecule has 0 aromatic heterocycles. The first-order valence-corrected chi connectivity index (χ1v) is 9.19. The average Bonchev–Trinajstić information content (AvgIpc) is 2.61. The number of carboxylic acids is 2. The second-order valence-corrected chi connectivity index (χ2v) is 7.08. The summed E-state index contributed by atoms with van der Waals surface area (Å²) in [5, 5.41) is 24.3. The third-order valence-electron chi connectivity index (χ3n) is 3.81. The number of nitrogens with one attached hydrogen (secondary N) is 3. The fraction of sp³-hybridized carbons (Fsp3) is 0.647. The molecule has 0 fully saturated rings. The minimum atomic E-state index is -1.74. The Labute approximate surface area is 172 Å². The molecule has 0 saturated heterocycles. The molecule has 0 saturated carbocycles. The zero-order valence-electron chi connectivity index (χ0n) is 16.8. The Hall–Kier alpha value is -3.22. The Bertz CT molecular complexity index is 667. The summed E-state index contributed by atoms with van der Waals surface area (Å²) in [6, 6.07) is -3.93. The normalized spacial score (nSPS) is 13.6. The molecule has 0 aliphatic heterocycles. The zero-order valence-corrected chi connectivity index (χ0v) is 16.8. The lowest BCUT2D eigenvalue weighted by molar-refractivity contribution is -0.147. The number of amides is 4. The molecule has 0 spiro atoms. The van der Waals surface area contributed by atoms with E-state index in [1.54, 1.807) is 0 Å². The van der Waals surface area contributed by atoms with Crippen LogP contribution in [-0.2, 0) is 28.8 Å². The third kappa shape index (κ3) is 11.6. The van der Waals surface area contributed by atoms with Gasteiger partial charge in [-0.1, -0.05) is 13.8 Å². The standard InChI is InChI=1S/C17H29N5O8/c1-8(2)5-9(18)15(27)20-7-13(24)21-10(3-4-12(19)23)16(28)22-11(17(29)30)6-14(25)26/h8-11H,3-7,18H2,1-2H3,(H2,19,23)(H,20,27)(H,21,24)(H,22,28)(H,25,26)(H,29,30). The zero-order chi connectivity index (χ0) is 23.4. The highest BCUT2D eigenvalue weighted by Crippen LogP contribution is 2.03. The molecule has 0 radical (unpaired) electrons. The van der Waals surface area contributed by atoms with Crippen molar-refractivity contribution in [2.75, 3.05) is 6.54 Å². The molecule has 30 heavy (non-hydrogen) atoms. The van der Waals surface area contributed by atoms with Gasteiger partial charge in [0.25, 0.3) is 0 Å². The molecule has 9 N–H and O–H groups in total. The van der Waals surface area contributed by atoms with Crippen molar-refractivity contribution >= 4 is 35.6 Å². The SMILES string of the molecule is CC(C)CC(N)C(=O)NCC(=O)NC(CCC(N)=O)C(=O)NC(CC(=O)O)C(=O)O. The van der Waals surface area contributed by atoms with Gasteiger partial charge in [-0.3, -0.25) is 24.0 Å². The average molecular weight is 431 g/mol. The number of nitrogens with two attached hydrogens (primary N) is 2. The third-order valence-corrected chi connectivity index (χ3v) is 3.81. The lowest BCUT2D eigenvalue weighted by Gasteiger charge is -2.21. The molecule has 3 atom stereocenters. The maximum Gasteiger partial charge on any atom is 0.326 e. The fourth-order valence-corrected chi connectivity index (χ4v) is 2.36. The summed E-state index contributed by atoms with van der Waals surface area (Å²) in [7, 11) is 0. The van der Waals surface area contributed by atoms with Gasteiger partial charge in [-0.05, 0) is 18.8 Å². The van der Waals surface area contributed by atoms with Crippen LogP contribution in [0.1, 0.15) is 39.5 Å². The van der Waals surface area contributed by atoms with Crippen molar-refractivity contribution in [3.8, 4) is 0 Å². The Morgan fingerprint density at radius 2 is 1.53 bits per heavy atom. The predicted molar refractivity (Wildman–Crippen MR) is 103 cm³/mol. The van der Waals surface area contributed by atoms with Crippen molar-refractivity contribution in [3.05, 3.63) is 0 Å². The van der Waals surface area contributed by atoms with E-state index < -0.39 is 66.7 Å². The first-order valence-electron chi connectivity index (χ1n) is 9.19. The number of primary amides is 1. The van der Waals surface area contributed by atoms with Crippen LogP contribution in [0.5, 0.6) is 0 Å². The molecule has 0 aromatic carbocycles. The maximum absolute atomic E-state index is 12.3. The highest BCUT2D eigenvalue weighted by Gasteiger charge is 2.28. The first kappa shape index (κ1) is 26.8. The number of carboxylic acid groups (broad SMARTS) is 2. The second-order valence-electron chi connectivity index (χ2n) is 7.08. The number of hydrogen-bond donors (Lipinski definition) is 7. The Morgan fingerprint density at radius 3 is 2.00 bits per heavy atom. The molecular weight excluding hydrogens is 402 g/mol. The van der Waals surface area contributed by atoms with Gasteiger partial charge in [0.15, 0.2) is 0 Å². The number of carbonyl (C=O) groups excluding carboxylic acids is 4. The molecule has 13 heteroatoms. The van der Waals surface area contributed by atoms with Crippen LogP contribution < -0.4 is 27.4 Å². The van der Waals surface area contributed by atoms with Crippen LogP contribution in [0, 0.1) is 5.92 Å². The van der Waals surface area contributed by atoms with Crippen molar-refractivity contribution in [1.29, 1.82) is 0 Å². The summed E-state index contributed by atoms with van der Waals surface area (Å²) >= 11 is 0. The summed E-state index contributed by atoms with van der Waals surface area (Å²) in [5.74, 6) is -6.02. The van der Waals surface area contributed by atoms with E-state index in [9.17, 15) is 28.8 Å². The number of rotatable bonds is 14. The van der Waals surface area contributed by atoms with Gasteiger partial charge in [-0.25, -0.2) is 4.79 Å². The lowest BCUT2D eigenvalue weighted by atomic mass is 10.0. The van der Waals surface area contributed by atoms with Gasteiger partial charge in [-0.15, -0.1) is 0 Å². The van der Waals surface area contributed by atoms with Crippen LogP contribution in [0.3, 0.4) is 0 Å². The van der Waals surface area contributed by atoms with E-state index in [0.717, 1.165) is 0 Å². The van der Waals surface area contributed by atoms with Gasteiger partial charge in [0.2, 0.25) is 23.6 Å². The molecular formula is C17H29N5O8. The van der Waals surface area contributed by atoms with E-state index in [-0.39, 0.29) is 18.8 Å². The molecule has 0 heterocycles. The largest absolute Gasteiger partial charge is 0.481 e. The Kier molecular flexibility index (Phi) is 11.7. The molecule has 0 aliphatic rings. The van der Waals surface area contributed by atoms with Crippen molar-refractivity contribution in [3.63, 3.8) is 0 Å². The summed E-state index contributed by atoms with van der Waals surface area (Å²) < 4.78 is 0. The van der Waals surface area contributed by atoms with Crippen molar-refractivity contribution in [2.45, 2.75) is 57.7 Å². The van der Waals surface area contributed by atoms with Crippen LogP contribution in [0.2, 0.25) is 0 Å². The highest BCUT2D eigenvalue weighted by molar-refractivity contribution is 5.93. The monoisotopic (exact) mass is 431 g/mol. The Morgan fingerprint density at radius 1 is 0.933 bits per heavy atom. The predicted octanol–water partition coefficient (Wildman–Crippen LogP) is -2.73. The molecule has 0 aliphatic carbocycles. The van der Waals surface area contributed by atoms with Crippen LogP contribution in [0.15, 0.2) is 0 Å². The van der Waals surface area contributed by atoms with E-state index in [4.69, 9.17) is 21.7 Å². The quantitative estimate of drug-likeness (QED) is 0.151. The van der Waals surface area contributed by atoms with Gasteiger partial charge < -0.3 is 37.6 Å². The maximum atomic E-state index is 12.3. The van der Waals surface area contributed by atoms with Gasteiger partial charge in [0.1, 0.15) is 12.1 Å². The van der Waals surface area contributed by atoms with E-state index in [1.807, 2.05) is 19.2 Å². The summed E-state index contributed by atoms with van der Waals surface area (Å²) in [6.07, 6.45) is -1.05. The van der Waals surface area contributed by atoms with Gasteiger partial charge in [0, 0.05) is 6.42 Å². The molecule has 0 bridgehead atoms. The lowest BCUT2D eigenvalue weighted by Crippen LogP contribution is -2.54. The second kappa shape index (κ2) is 13.1. The summed E-state index contributed by atoms with van der Waals surface area (Å²) in [4.78, 5) is 69.1. The van der Waals surface area contributed by atoms with Gasteiger partial charge in [0.05, 0.1) is 19.0 Å². The number of aliphatic carboxylic acids is 2.